The molecule has 2 N–H and O–H groups in total. The molecule has 1 aromatic heterocycles. The van der Waals surface area contributed by atoms with Crippen molar-refractivity contribution in [1.82, 2.24) is 4.98 Å². The molecule has 0 saturated carbocycles. The number of pyridine rings is 1. The number of carboxylic acids is 1. The van der Waals surface area contributed by atoms with Gasteiger partial charge in [-0.25, -0.2) is 4.79 Å². The summed E-state index contributed by atoms with van der Waals surface area (Å²) in [6, 6.07) is 9.02. The van der Waals surface area contributed by atoms with E-state index >= 15 is 0 Å². The SMILES string of the molecule is CC(=O)Nc1cncc(C(=O)O)c1-c1ccccc1. The van der Waals surface area contributed by atoms with Gasteiger partial charge in [0.1, 0.15) is 0 Å². The van der Waals surface area contributed by atoms with Crippen molar-refractivity contribution in [2.75, 3.05) is 5.32 Å². The first-order valence-corrected chi connectivity index (χ1v) is 5.64. The number of carbonyl (C=O) groups excluding carboxylic acids is 1. The minimum Gasteiger partial charge on any atom is -0.478 e. The van der Waals surface area contributed by atoms with Crippen LogP contribution in [0.15, 0.2) is 42.7 Å². The number of benzene rings is 1. The van der Waals surface area contributed by atoms with Crippen molar-refractivity contribution < 1.29 is 14.7 Å². The van der Waals surface area contributed by atoms with Crippen LogP contribution in [0.2, 0.25) is 0 Å². The molecule has 5 heteroatoms. The summed E-state index contributed by atoms with van der Waals surface area (Å²) >= 11 is 0. The molecule has 96 valence electrons. The van der Waals surface area contributed by atoms with Crippen LogP contribution >= 0.6 is 0 Å². The summed E-state index contributed by atoms with van der Waals surface area (Å²) in [4.78, 5) is 26.3. The van der Waals surface area contributed by atoms with E-state index in [1.54, 1.807) is 24.3 Å². The standard InChI is InChI=1S/C14H12N2O3/c1-9(17)16-12-8-15-7-11(14(18)19)13(12)10-5-3-2-4-6-10/h2-8H,1H3,(H,16,17)(H,18,19). The third-order valence-electron chi connectivity index (χ3n) is 2.55. The highest BCUT2D eigenvalue weighted by Gasteiger charge is 2.16. The molecule has 0 bridgehead atoms. The lowest BCUT2D eigenvalue weighted by Crippen LogP contribution is -2.10. The Labute approximate surface area is 109 Å². The van der Waals surface area contributed by atoms with E-state index in [9.17, 15) is 14.7 Å². The Morgan fingerprint density at radius 3 is 2.42 bits per heavy atom. The van der Waals surface area contributed by atoms with Crippen LogP contribution < -0.4 is 5.32 Å². The first-order chi connectivity index (χ1) is 9.09. The van der Waals surface area contributed by atoms with Gasteiger partial charge in [-0.3, -0.25) is 9.78 Å². The van der Waals surface area contributed by atoms with Gasteiger partial charge in [0.05, 0.1) is 17.4 Å². The van der Waals surface area contributed by atoms with Crippen molar-refractivity contribution in [2.45, 2.75) is 6.92 Å². The van der Waals surface area contributed by atoms with Gasteiger partial charge >= 0.3 is 5.97 Å². The third-order valence-corrected chi connectivity index (χ3v) is 2.55. The second kappa shape index (κ2) is 5.30. The van der Waals surface area contributed by atoms with Crippen LogP contribution in [0.4, 0.5) is 5.69 Å². The molecule has 0 aliphatic heterocycles. The van der Waals surface area contributed by atoms with E-state index in [2.05, 4.69) is 10.3 Å². The number of rotatable bonds is 3. The smallest absolute Gasteiger partial charge is 0.337 e. The number of hydrogen-bond acceptors (Lipinski definition) is 3. The molecule has 19 heavy (non-hydrogen) atoms. The molecule has 1 heterocycles. The van der Waals surface area contributed by atoms with E-state index in [1.807, 2.05) is 6.07 Å². The van der Waals surface area contributed by atoms with E-state index in [0.29, 0.717) is 16.8 Å². The van der Waals surface area contributed by atoms with Gasteiger partial charge in [-0.1, -0.05) is 30.3 Å². The van der Waals surface area contributed by atoms with E-state index in [0.717, 1.165) is 0 Å². The molecule has 0 saturated heterocycles. The number of carboxylic acid groups (broad SMARTS) is 1. The van der Waals surface area contributed by atoms with Crippen molar-refractivity contribution in [2.24, 2.45) is 0 Å². The number of nitrogens with zero attached hydrogens (tertiary/aromatic N) is 1. The van der Waals surface area contributed by atoms with Crippen molar-refractivity contribution in [3.8, 4) is 11.1 Å². The summed E-state index contributed by atoms with van der Waals surface area (Å²) in [6.07, 6.45) is 2.71. The highest BCUT2D eigenvalue weighted by atomic mass is 16.4. The van der Waals surface area contributed by atoms with Gasteiger partial charge in [-0.05, 0) is 5.56 Å². The molecule has 5 nitrogen and oxygen atoms in total. The van der Waals surface area contributed by atoms with E-state index in [4.69, 9.17) is 0 Å². The molecule has 2 rings (SSSR count). The van der Waals surface area contributed by atoms with Crippen LogP contribution in [-0.2, 0) is 4.79 Å². The number of aromatic nitrogens is 1. The third kappa shape index (κ3) is 2.77. The minimum atomic E-state index is -1.08. The van der Waals surface area contributed by atoms with Gasteiger partial charge in [0.15, 0.2) is 0 Å². The second-order valence-corrected chi connectivity index (χ2v) is 3.96. The van der Waals surface area contributed by atoms with Crippen LogP contribution in [0, 0.1) is 0 Å². The van der Waals surface area contributed by atoms with Gasteiger partial charge in [0, 0.05) is 18.7 Å². The van der Waals surface area contributed by atoms with Crippen LogP contribution in [0.5, 0.6) is 0 Å². The number of anilines is 1. The van der Waals surface area contributed by atoms with Gasteiger partial charge < -0.3 is 10.4 Å². The van der Waals surface area contributed by atoms with Gasteiger partial charge in [0.2, 0.25) is 5.91 Å². The summed E-state index contributed by atoms with van der Waals surface area (Å²) in [5.74, 6) is -1.36. The maximum absolute atomic E-state index is 11.3. The van der Waals surface area contributed by atoms with Crippen molar-refractivity contribution >= 4 is 17.6 Å². The molecular formula is C14H12N2O3. The lowest BCUT2D eigenvalue weighted by Gasteiger charge is -2.12. The minimum absolute atomic E-state index is 0.0532. The van der Waals surface area contributed by atoms with E-state index in [-0.39, 0.29) is 11.5 Å². The molecule has 0 radical (unpaired) electrons. The number of amides is 1. The van der Waals surface area contributed by atoms with Crippen molar-refractivity contribution in [3.63, 3.8) is 0 Å². The molecule has 1 aromatic carbocycles. The molecule has 0 aliphatic rings. The van der Waals surface area contributed by atoms with E-state index < -0.39 is 5.97 Å². The fourth-order valence-corrected chi connectivity index (χ4v) is 1.82. The lowest BCUT2D eigenvalue weighted by atomic mass is 10.00. The lowest BCUT2D eigenvalue weighted by molar-refractivity contribution is -0.114. The zero-order valence-electron chi connectivity index (χ0n) is 10.3. The van der Waals surface area contributed by atoms with Gasteiger partial charge in [0.25, 0.3) is 0 Å². The maximum Gasteiger partial charge on any atom is 0.337 e. The average Bonchev–Trinajstić information content (AvgIpc) is 2.38. The summed E-state index contributed by atoms with van der Waals surface area (Å²) < 4.78 is 0. The highest BCUT2D eigenvalue weighted by molar-refractivity contribution is 6.02. The Bertz CT molecular complexity index is 624. The highest BCUT2D eigenvalue weighted by Crippen LogP contribution is 2.30. The van der Waals surface area contributed by atoms with Crippen LogP contribution in [0.1, 0.15) is 17.3 Å². The summed E-state index contributed by atoms with van der Waals surface area (Å²) in [5, 5.41) is 11.8. The van der Waals surface area contributed by atoms with Crippen molar-refractivity contribution in [1.29, 1.82) is 0 Å². The zero-order chi connectivity index (χ0) is 13.8. The molecule has 0 aliphatic carbocycles. The molecule has 0 fully saturated rings. The van der Waals surface area contributed by atoms with E-state index in [1.165, 1.54) is 19.3 Å². The largest absolute Gasteiger partial charge is 0.478 e. The Hall–Kier alpha value is -2.69. The fourth-order valence-electron chi connectivity index (χ4n) is 1.82. The molecule has 0 atom stereocenters. The Kier molecular flexibility index (Phi) is 3.56. The number of carbonyl (C=O) groups is 2. The predicted molar refractivity (Wildman–Crippen MR) is 70.9 cm³/mol. The predicted octanol–water partition coefficient (Wildman–Crippen LogP) is 2.41. The van der Waals surface area contributed by atoms with Crippen molar-refractivity contribution in [3.05, 3.63) is 48.3 Å². The van der Waals surface area contributed by atoms with Gasteiger partial charge in [-0.2, -0.15) is 0 Å². The summed E-state index contributed by atoms with van der Waals surface area (Å²) in [5.41, 5.74) is 1.61. The Morgan fingerprint density at radius 1 is 1.16 bits per heavy atom. The normalized spacial score (nSPS) is 9.95. The molecule has 2 aromatic rings. The average molecular weight is 256 g/mol. The molecule has 0 unspecified atom stereocenters. The van der Waals surface area contributed by atoms with Crippen LogP contribution in [0.25, 0.3) is 11.1 Å². The second-order valence-electron chi connectivity index (χ2n) is 3.96. The summed E-state index contributed by atoms with van der Waals surface area (Å²) in [7, 11) is 0. The zero-order valence-corrected chi connectivity index (χ0v) is 10.3. The first-order valence-electron chi connectivity index (χ1n) is 5.64. The van der Waals surface area contributed by atoms with Crippen LogP contribution in [0.3, 0.4) is 0 Å². The number of aromatic carboxylic acids is 1. The Balaban J connectivity index is 2.66. The topological polar surface area (TPSA) is 79.3 Å². The number of nitrogens with one attached hydrogen (secondary N) is 1. The molecule has 0 spiro atoms. The first kappa shape index (κ1) is 12.8. The molecule has 1 amide bonds. The van der Waals surface area contributed by atoms with Crippen LogP contribution in [-0.4, -0.2) is 22.0 Å². The molecular weight excluding hydrogens is 244 g/mol. The monoisotopic (exact) mass is 256 g/mol. The quantitative estimate of drug-likeness (QED) is 0.883. The Morgan fingerprint density at radius 2 is 1.84 bits per heavy atom. The number of hydrogen-bond donors (Lipinski definition) is 2. The maximum atomic E-state index is 11.3. The van der Waals surface area contributed by atoms with Gasteiger partial charge in [-0.15, -0.1) is 0 Å². The fraction of sp³-hybridized carbons (Fsp3) is 0.0714. The summed E-state index contributed by atoms with van der Waals surface area (Å²) in [6.45, 7) is 1.36.